The summed E-state index contributed by atoms with van der Waals surface area (Å²) in [6.45, 7) is 3.14. The Hall–Kier alpha value is -0.110. The van der Waals surface area contributed by atoms with Gasteiger partial charge in [0, 0.05) is 0 Å². The van der Waals surface area contributed by atoms with Crippen LogP contribution in [-0.2, 0) is 4.74 Å². The van der Waals surface area contributed by atoms with E-state index < -0.39 is 5.85 Å². The molecule has 0 amide bonds. The molecule has 2 atom stereocenters. The molecule has 6 heavy (non-hydrogen) atoms. The van der Waals surface area contributed by atoms with Crippen LogP contribution in [0.25, 0.3) is 0 Å². The largest absolute Gasteiger partial charge is 0.335 e. The molecule has 1 aliphatic heterocycles. The average molecular weight is 90.1 g/mol. The summed E-state index contributed by atoms with van der Waals surface area (Å²) in [6, 6.07) is 0. The first-order valence-corrected chi connectivity index (χ1v) is 1.99. The van der Waals surface area contributed by atoms with Crippen LogP contribution in [0.15, 0.2) is 0 Å². The molecule has 0 bridgehead atoms. The molecule has 0 N–H and O–H groups in total. The fraction of sp³-hybridized carbons (Fsp3) is 1.00. The third-order valence-corrected chi connectivity index (χ3v) is 1.08. The Morgan fingerprint density at radius 3 is 2.00 bits per heavy atom. The molecule has 1 saturated heterocycles. The quantitative estimate of drug-likeness (QED) is 0.405. The highest BCUT2D eigenvalue weighted by atomic mass is 19.2. The van der Waals surface area contributed by atoms with E-state index in [1.165, 1.54) is 6.92 Å². The van der Waals surface area contributed by atoms with Gasteiger partial charge in [-0.2, -0.15) is 0 Å². The summed E-state index contributed by atoms with van der Waals surface area (Å²) in [4.78, 5) is 0. The van der Waals surface area contributed by atoms with Crippen molar-refractivity contribution in [2.45, 2.75) is 25.8 Å². The van der Waals surface area contributed by atoms with Gasteiger partial charge in [-0.25, -0.2) is 4.39 Å². The van der Waals surface area contributed by atoms with Crippen molar-refractivity contribution in [3.05, 3.63) is 0 Å². The van der Waals surface area contributed by atoms with Crippen LogP contribution in [0.2, 0.25) is 0 Å². The van der Waals surface area contributed by atoms with Gasteiger partial charge in [-0.3, -0.25) is 0 Å². The predicted molar refractivity (Wildman–Crippen MR) is 20.1 cm³/mol. The Morgan fingerprint density at radius 2 is 2.00 bits per heavy atom. The molecule has 2 unspecified atom stereocenters. The minimum Gasteiger partial charge on any atom is -0.335 e. The second kappa shape index (κ2) is 0.757. The molecule has 1 nitrogen and oxygen atoms in total. The van der Waals surface area contributed by atoms with Crippen molar-refractivity contribution in [1.29, 1.82) is 0 Å². The molecule has 0 spiro atoms. The van der Waals surface area contributed by atoms with Crippen LogP contribution < -0.4 is 0 Å². The second-order valence-electron chi connectivity index (χ2n) is 1.75. The lowest BCUT2D eigenvalue weighted by Crippen LogP contribution is -1.94. The minimum atomic E-state index is -1.29. The van der Waals surface area contributed by atoms with Gasteiger partial charge in [0.1, 0.15) is 6.10 Å². The molecule has 0 radical (unpaired) electrons. The Bertz CT molecular complexity index is 69.9. The first-order chi connectivity index (χ1) is 2.63. The van der Waals surface area contributed by atoms with Crippen molar-refractivity contribution in [3.63, 3.8) is 0 Å². The molecular weight excluding hydrogens is 83.0 g/mol. The van der Waals surface area contributed by atoms with Gasteiger partial charge in [-0.15, -0.1) is 0 Å². The van der Waals surface area contributed by atoms with E-state index in [4.69, 9.17) is 0 Å². The van der Waals surface area contributed by atoms with Crippen molar-refractivity contribution in [1.82, 2.24) is 0 Å². The fourth-order valence-corrected chi connectivity index (χ4v) is 0.312. The van der Waals surface area contributed by atoms with Crippen LogP contribution in [0.4, 0.5) is 4.39 Å². The molecule has 1 aliphatic rings. The van der Waals surface area contributed by atoms with E-state index in [1.54, 1.807) is 6.92 Å². The Balaban J connectivity index is 2.41. The molecule has 2 heteroatoms. The number of ether oxygens (including phenoxy) is 1. The van der Waals surface area contributed by atoms with E-state index in [-0.39, 0.29) is 6.10 Å². The van der Waals surface area contributed by atoms with Gasteiger partial charge in [0.25, 0.3) is 0 Å². The second-order valence-corrected chi connectivity index (χ2v) is 1.75. The lowest BCUT2D eigenvalue weighted by atomic mass is 10.4. The molecular formula is C4H7FO. The van der Waals surface area contributed by atoms with Crippen molar-refractivity contribution >= 4 is 0 Å². The third-order valence-electron chi connectivity index (χ3n) is 1.08. The van der Waals surface area contributed by atoms with E-state index >= 15 is 0 Å². The van der Waals surface area contributed by atoms with Crippen LogP contribution in [-0.4, -0.2) is 12.0 Å². The number of alkyl halides is 1. The van der Waals surface area contributed by atoms with E-state index in [0.717, 1.165) is 0 Å². The highest BCUT2D eigenvalue weighted by molar-refractivity contribution is 4.84. The van der Waals surface area contributed by atoms with Crippen molar-refractivity contribution in [2.24, 2.45) is 0 Å². The molecule has 1 heterocycles. The fourth-order valence-electron chi connectivity index (χ4n) is 0.312. The highest BCUT2D eigenvalue weighted by Crippen LogP contribution is 2.36. The monoisotopic (exact) mass is 90.0 g/mol. The highest BCUT2D eigenvalue weighted by Gasteiger charge is 2.49. The summed E-state index contributed by atoms with van der Waals surface area (Å²) < 4.78 is 16.4. The summed E-state index contributed by atoms with van der Waals surface area (Å²) in [5.41, 5.74) is 0. The summed E-state index contributed by atoms with van der Waals surface area (Å²) in [5.74, 6) is -1.29. The first kappa shape index (κ1) is 4.06. The normalized spacial score (nSPS) is 55.5. The van der Waals surface area contributed by atoms with E-state index in [9.17, 15) is 4.39 Å². The van der Waals surface area contributed by atoms with Crippen LogP contribution in [0.3, 0.4) is 0 Å². The van der Waals surface area contributed by atoms with Gasteiger partial charge >= 0.3 is 0 Å². The standard InChI is InChI=1S/C4H7FO/c1-3-4(2,5)6-3/h3H,1-2H3. The maximum Gasteiger partial charge on any atom is 0.233 e. The zero-order valence-corrected chi connectivity index (χ0v) is 3.86. The van der Waals surface area contributed by atoms with Gasteiger partial charge in [0.2, 0.25) is 5.85 Å². The van der Waals surface area contributed by atoms with Crippen molar-refractivity contribution < 1.29 is 9.13 Å². The topological polar surface area (TPSA) is 12.5 Å². The average Bonchev–Trinajstić information content (AvgIpc) is 1.73. The third kappa shape index (κ3) is 0.411. The molecule has 0 aromatic heterocycles. The molecule has 0 saturated carbocycles. The zero-order chi connectivity index (χ0) is 4.78. The lowest BCUT2D eigenvalue weighted by molar-refractivity contribution is 0.162. The molecule has 0 aliphatic carbocycles. The summed E-state index contributed by atoms with van der Waals surface area (Å²) in [7, 11) is 0. The summed E-state index contributed by atoms with van der Waals surface area (Å²) in [6.07, 6.45) is -0.169. The van der Waals surface area contributed by atoms with E-state index in [2.05, 4.69) is 4.74 Å². The maximum absolute atomic E-state index is 12.0. The zero-order valence-electron chi connectivity index (χ0n) is 3.86. The minimum absolute atomic E-state index is 0.169. The number of rotatable bonds is 0. The van der Waals surface area contributed by atoms with Crippen LogP contribution in [0.1, 0.15) is 13.8 Å². The predicted octanol–water partition coefficient (Wildman–Crippen LogP) is 1.09. The van der Waals surface area contributed by atoms with Gasteiger partial charge < -0.3 is 4.74 Å². The number of hydrogen-bond donors (Lipinski definition) is 0. The molecule has 0 aromatic rings. The van der Waals surface area contributed by atoms with E-state index in [0.29, 0.717) is 0 Å². The molecule has 0 aromatic carbocycles. The van der Waals surface area contributed by atoms with E-state index in [1.807, 2.05) is 0 Å². The number of halogens is 1. The van der Waals surface area contributed by atoms with Gasteiger partial charge in [-0.05, 0) is 13.8 Å². The number of epoxide rings is 1. The van der Waals surface area contributed by atoms with Gasteiger partial charge in [0.05, 0.1) is 0 Å². The number of hydrogen-bond acceptors (Lipinski definition) is 1. The smallest absolute Gasteiger partial charge is 0.233 e. The van der Waals surface area contributed by atoms with Gasteiger partial charge in [-0.1, -0.05) is 0 Å². The van der Waals surface area contributed by atoms with Crippen molar-refractivity contribution in [2.75, 3.05) is 0 Å². The molecule has 1 fully saturated rings. The molecule has 1 rings (SSSR count). The summed E-state index contributed by atoms with van der Waals surface area (Å²) in [5, 5.41) is 0. The summed E-state index contributed by atoms with van der Waals surface area (Å²) >= 11 is 0. The lowest BCUT2D eigenvalue weighted by Gasteiger charge is -1.79. The van der Waals surface area contributed by atoms with Crippen molar-refractivity contribution in [3.8, 4) is 0 Å². The maximum atomic E-state index is 12.0. The molecule has 36 valence electrons. The first-order valence-electron chi connectivity index (χ1n) is 1.99. The van der Waals surface area contributed by atoms with Crippen LogP contribution in [0.5, 0.6) is 0 Å². The Kier molecular flexibility index (Phi) is 0.512. The van der Waals surface area contributed by atoms with Crippen LogP contribution in [0, 0.1) is 0 Å². The SMILES string of the molecule is CC1OC1(C)F. The van der Waals surface area contributed by atoms with Gasteiger partial charge in [0.15, 0.2) is 0 Å². The Labute approximate surface area is 36.1 Å². The Morgan fingerprint density at radius 1 is 1.83 bits per heavy atom. The van der Waals surface area contributed by atoms with Crippen LogP contribution >= 0.6 is 0 Å².